The molecule has 0 bridgehead atoms. The fraction of sp³-hybridized carbons (Fsp3) is 0.143. The van der Waals surface area contributed by atoms with Crippen LogP contribution >= 0.6 is 43.5 Å². The molecule has 1 N–H and O–H groups in total. The summed E-state index contributed by atoms with van der Waals surface area (Å²) in [6, 6.07) is 13.7. The standard InChI is InChI=1S/C14H12Br2ClNO2S/c15-9-13(10-4-2-1-3-5-10)18-21(19,20)14-7-6-11(16)8-12(14)17/h1-8,13,18H,9H2. The Morgan fingerprint density at radius 3 is 2.38 bits per heavy atom. The molecule has 2 rings (SSSR count). The summed E-state index contributed by atoms with van der Waals surface area (Å²) in [7, 11) is -3.70. The molecule has 0 aromatic heterocycles. The van der Waals surface area contributed by atoms with E-state index < -0.39 is 10.0 Å². The highest BCUT2D eigenvalue weighted by Crippen LogP contribution is 2.27. The zero-order valence-electron chi connectivity index (χ0n) is 10.8. The molecule has 7 heteroatoms. The van der Waals surface area contributed by atoms with Crippen LogP contribution in [0.4, 0.5) is 0 Å². The average molecular weight is 454 g/mol. The number of rotatable bonds is 5. The zero-order valence-corrected chi connectivity index (χ0v) is 15.5. The van der Waals surface area contributed by atoms with Crippen LogP contribution in [-0.2, 0) is 10.0 Å². The van der Waals surface area contributed by atoms with Gasteiger partial charge in [-0.15, -0.1) is 0 Å². The van der Waals surface area contributed by atoms with Gasteiger partial charge in [-0.25, -0.2) is 13.1 Å². The molecule has 0 aliphatic carbocycles. The topological polar surface area (TPSA) is 46.2 Å². The number of sulfonamides is 1. The number of nitrogens with one attached hydrogen (secondary N) is 1. The van der Waals surface area contributed by atoms with Gasteiger partial charge in [0.05, 0.1) is 11.1 Å². The van der Waals surface area contributed by atoms with Gasteiger partial charge in [-0.05, 0) is 23.8 Å². The van der Waals surface area contributed by atoms with Crippen molar-refractivity contribution in [1.29, 1.82) is 0 Å². The van der Waals surface area contributed by atoms with E-state index in [4.69, 9.17) is 11.6 Å². The molecular weight excluding hydrogens is 441 g/mol. The van der Waals surface area contributed by atoms with Gasteiger partial charge in [0.25, 0.3) is 0 Å². The number of hydrogen-bond donors (Lipinski definition) is 1. The Hall–Kier alpha value is -0.400. The Morgan fingerprint density at radius 2 is 1.81 bits per heavy atom. The molecule has 1 unspecified atom stereocenters. The van der Waals surface area contributed by atoms with E-state index in [0.717, 1.165) is 10.0 Å². The molecule has 2 aromatic rings. The van der Waals surface area contributed by atoms with Gasteiger partial charge in [0, 0.05) is 9.80 Å². The molecule has 2 aromatic carbocycles. The molecule has 0 aliphatic heterocycles. The molecule has 0 amide bonds. The Bertz CT molecular complexity index is 723. The average Bonchev–Trinajstić information content (AvgIpc) is 2.45. The van der Waals surface area contributed by atoms with Crippen LogP contribution in [-0.4, -0.2) is 13.7 Å². The maximum absolute atomic E-state index is 12.5. The van der Waals surface area contributed by atoms with Crippen LogP contribution in [0.3, 0.4) is 0 Å². The quantitative estimate of drug-likeness (QED) is 0.677. The summed E-state index contributed by atoms with van der Waals surface area (Å²) in [6.45, 7) is 0. The molecular formula is C14H12Br2ClNO2S. The third-order valence-electron chi connectivity index (χ3n) is 2.84. The molecule has 0 radical (unpaired) electrons. The van der Waals surface area contributed by atoms with Crippen LogP contribution in [0.5, 0.6) is 0 Å². The predicted octanol–water partition coefficient (Wildman–Crippen LogP) is 4.52. The first-order chi connectivity index (χ1) is 9.94. The van der Waals surface area contributed by atoms with E-state index in [1.54, 1.807) is 12.1 Å². The first-order valence-electron chi connectivity index (χ1n) is 6.02. The summed E-state index contributed by atoms with van der Waals surface area (Å²) in [5.41, 5.74) is 0.881. The minimum Gasteiger partial charge on any atom is -0.207 e. The van der Waals surface area contributed by atoms with Gasteiger partial charge >= 0.3 is 0 Å². The van der Waals surface area contributed by atoms with Crippen molar-refractivity contribution in [3.8, 4) is 0 Å². The number of halogens is 3. The first kappa shape index (κ1) is 17.0. The molecule has 21 heavy (non-hydrogen) atoms. The van der Waals surface area contributed by atoms with E-state index in [-0.39, 0.29) is 16.0 Å². The van der Waals surface area contributed by atoms with Gasteiger partial charge in [-0.2, -0.15) is 0 Å². The van der Waals surface area contributed by atoms with Crippen LogP contribution in [0.2, 0.25) is 5.02 Å². The van der Waals surface area contributed by atoms with Crippen molar-refractivity contribution >= 4 is 53.5 Å². The van der Waals surface area contributed by atoms with Crippen molar-refractivity contribution < 1.29 is 8.42 Å². The van der Waals surface area contributed by atoms with Crippen molar-refractivity contribution in [1.82, 2.24) is 4.72 Å². The summed E-state index contributed by atoms with van der Waals surface area (Å²) < 4.78 is 28.3. The van der Waals surface area contributed by atoms with Gasteiger partial charge in [-0.1, -0.05) is 73.8 Å². The first-order valence-corrected chi connectivity index (χ1v) is 9.80. The van der Waals surface area contributed by atoms with Gasteiger partial charge in [-0.3, -0.25) is 0 Å². The van der Waals surface area contributed by atoms with Gasteiger partial charge < -0.3 is 0 Å². The third kappa shape index (κ3) is 4.29. The SMILES string of the molecule is O=S(=O)(NC(CBr)c1ccccc1)c1ccc(Br)cc1Cl. The van der Waals surface area contributed by atoms with Crippen LogP contribution in [0, 0.1) is 0 Å². The molecule has 0 fully saturated rings. The van der Waals surface area contributed by atoms with E-state index in [0.29, 0.717) is 5.33 Å². The van der Waals surface area contributed by atoms with E-state index >= 15 is 0 Å². The minimum absolute atomic E-state index is 0.0641. The summed E-state index contributed by atoms with van der Waals surface area (Å²) >= 11 is 12.6. The highest BCUT2D eigenvalue weighted by Gasteiger charge is 2.23. The van der Waals surface area contributed by atoms with Crippen LogP contribution < -0.4 is 4.72 Å². The molecule has 0 saturated carbocycles. The van der Waals surface area contributed by atoms with Gasteiger partial charge in [0.2, 0.25) is 10.0 Å². The summed E-state index contributed by atoms with van der Waals surface area (Å²) in [5, 5.41) is 0.642. The molecule has 0 saturated heterocycles. The zero-order chi connectivity index (χ0) is 15.5. The van der Waals surface area contributed by atoms with E-state index in [1.807, 2.05) is 30.3 Å². The normalized spacial score (nSPS) is 13.1. The monoisotopic (exact) mass is 451 g/mol. The predicted molar refractivity (Wildman–Crippen MR) is 92.5 cm³/mol. The molecule has 1 atom stereocenters. The number of hydrogen-bond acceptors (Lipinski definition) is 2. The number of alkyl halides is 1. The number of benzene rings is 2. The van der Waals surface area contributed by atoms with Crippen molar-refractivity contribution in [2.45, 2.75) is 10.9 Å². The van der Waals surface area contributed by atoms with Crippen molar-refractivity contribution in [2.75, 3.05) is 5.33 Å². The highest BCUT2D eigenvalue weighted by molar-refractivity contribution is 9.10. The lowest BCUT2D eigenvalue weighted by atomic mass is 10.1. The summed E-state index contributed by atoms with van der Waals surface area (Å²) in [4.78, 5) is 0.0641. The molecule has 0 spiro atoms. The maximum Gasteiger partial charge on any atom is 0.242 e. The fourth-order valence-electron chi connectivity index (χ4n) is 1.82. The third-order valence-corrected chi connectivity index (χ3v) is 5.93. The van der Waals surface area contributed by atoms with Gasteiger partial charge in [0.1, 0.15) is 4.90 Å². The molecule has 0 aliphatic rings. The van der Waals surface area contributed by atoms with E-state index in [9.17, 15) is 8.42 Å². The van der Waals surface area contributed by atoms with Crippen LogP contribution in [0.1, 0.15) is 11.6 Å². The lowest BCUT2D eigenvalue weighted by Gasteiger charge is -2.17. The summed E-state index contributed by atoms with van der Waals surface area (Å²) in [5.74, 6) is 0. The second kappa shape index (κ2) is 7.24. The van der Waals surface area contributed by atoms with E-state index in [2.05, 4.69) is 36.6 Å². The minimum atomic E-state index is -3.70. The largest absolute Gasteiger partial charge is 0.242 e. The second-order valence-corrected chi connectivity index (χ2v) is 7.97. The Balaban J connectivity index is 2.32. The van der Waals surface area contributed by atoms with Crippen LogP contribution in [0.15, 0.2) is 57.9 Å². The smallest absolute Gasteiger partial charge is 0.207 e. The Morgan fingerprint density at radius 1 is 1.14 bits per heavy atom. The van der Waals surface area contributed by atoms with Crippen molar-refractivity contribution in [3.05, 3.63) is 63.6 Å². The van der Waals surface area contributed by atoms with Crippen molar-refractivity contribution in [2.24, 2.45) is 0 Å². The molecule has 112 valence electrons. The lowest BCUT2D eigenvalue weighted by Crippen LogP contribution is -2.29. The molecule has 0 heterocycles. The lowest BCUT2D eigenvalue weighted by molar-refractivity contribution is 0.569. The van der Waals surface area contributed by atoms with E-state index in [1.165, 1.54) is 6.07 Å². The van der Waals surface area contributed by atoms with Gasteiger partial charge in [0.15, 0.2) is 0 Å². The van der Waals surface area contributed by atoms with Crippen molar-refractivity contribution in [3.63, 3.8) is 0 Å². The fourth-order valence-corrected chi connectivity index (χ4v) is 4.83. The second-order valence-electron chi connectivity index (χ2n) is 4.31. The van der Waals surface area contributed by atoms with Crippen LogP contribution in [0.25, 0.3) is 0 Å². The summed E-state index contributed by atoms with van der Waals surface area (Å²) in [6.07, 6.45) is 0. The molecule has 3 nitrogen and oxygen atoms in total. The maximum atomic E-state index is 12.5. The Labute approximate surface area is 146 Å². The highest BCUT2D eigenvalue weighted by atomic mass is 79.9. The Kier molecular flexibility index (Phi) is 5.85.